The Kier molecular flexibility index (Phi) is 4.06. The van der Waals surface area contributed by atoms with E-state index >= 15 is 0 Å². The molecule has 2 aromatic rings. The Balaban J connectivity index is 1.28. The summed E-state index contributed by atoms with van der Waals surface area (Å²) in [7, 11) is 0. The molecule has 3 fully saturated rings. The Bertz CT molecular complexity index is 1150. The number of aryl methyl sites for hydroxylation is 1. The van der Waals surface area contributed by atoms with Gasteiger partial charge in [0.05, 0.1) is 17.5 Å². The van der Waals surface area contributed by atoms with Crippen LogP contribution in [0.2, 0.25) is 0 Å². The molecule has 2 aromatic carbocycles. The summed E-state index contributed by atoms with van der Waals surface area (Å²) in [6, 6.07) is 12.5. The van der Waals surface area contributed by atoms with Gasteiger partial charge in [-0.1, -0.05) is 34.1 Å². The van der Waals surface area contributed by atoms with Crippen molar-refractivity contribution < 1.29 is 14.4 Å². The smallest absolute Gasteiger partial charge is 0.255 e. The van der Waals surface area contributed by atoms with E-state index in [1.807, 2.05) is 25.1 Å². The molecular formula is C25H21BrN2O3. The minimum atomic E-state index is -0.272. The van der Waals surface area contributed by atoms with Gasteiger partial charge in [-0.3, -0.25) is 14.4 Å². The van der Waals surface area contributed by atoms with Crippen molar-refractivity contribution in [2.24, 2.45) is 35.5 Å². The molecule has 1 N–H and O–H groups in total. The number of hydrogen-bond donors (Lipinski definition) is 1. The van der Waals surface area contributed by atoms with E-state index in [0.29, 0.717) is 23.1 Å². The molecule has 31 heavy (non-hydrogen) atoms. The summed E-state index contributed by atoms with van der Waals surface area (Å²) in [4.78, 5) is 40.8. The van der Waals surface area contributed by atoms with Crippen LogP contribution in [0.3, 0.4) is 0 Å². The van der Waals surface area contributed by atoms with Crippen molar-refractivity contribution in [3.8, 4) is 0 Å². The molecule has 0 radical (unpaired) electrons. The number of allylic oxidation sites excluding steroid dienone is 2. The molecule has 1 saturated heterocycles. The first-order chi connectivity index (χ1) is 14.9. The summed E-state index contributed by atoms with van der Waals surface area (Å²) in [6.07, 6.45) is 5.47. The van der Waals surface area contributed by atoms with Crippen molar-refractivity contribution in [1.82, 2.24) is 0 Å². The van der Waals surface area contributed by atoms with Crippen LogP contribution in [0.25, 0.3) is 0 Å². The van der Waals surface area contributed by atoms with Crippen molar-refractivity contribution in [2.45, 2.75) is 13.3 Å². The van der Waals surface area contributed by atoms with Crippen LogP contribution in [-0.4, -0.2) is 17.7 Å². The maximum atomic E-state index is 13.3. The zero-order chi connectivity index (χ0) is 21.4. The highest BCUT2D eigenvalue weighted by Crippen LogP contribution is 2.65. The molecule has 0 unspecified atom stereocenters. The summed E-state index contributed by atoms with van der Waals surface area (Å²) in [5.74, 6) is 0.539. The quantitative estimate of drug-likeness (QED) is 0.521. The van der Waals surface area contributed by atoms with E-state index in [1.165, 1.54) is 4.90 Å². The summed E-state index contributed by atoms with van der Waals surface area (Å²) in [6.45, 7) is 1.92. The molecule has 6 atom stereocenters. The molecule has 5 nitrogen and oxygen atoms in total. The van der Waals surface area contributed by atoms with E-state index in [2.05, 4.69) is 33.4 Å². The average Bonchev–Trinajstić information content (AvgIpc) is 3.53. The van der Waals surface area contributed by atoms with Crippen LogP contribution in [0, 0.1) is 42.4 Å². The molecule has 2 bridgehead atoms. The van der Waals surface area contributed by atoms with Gasteiger partial charge in [-0.15, -0.1) is 0 Å². The van der Waals surface area contributed by atoms with E-state index in [4.69, 9.17) is 0 Å². The van der Waals surface area contributed by atoms with Crippen molar-refractivity contribution in [3.63, 3.8) is 0 Å². The predicted octanol–water partition coefficient (Wildman–Crippen LogP) is 4.57. The standard InChI is InChI=1S/C25H21BrN2O3/c1-12-9-14(26)5-8-20(12)27-23(29)13-3-2-4-15(10-13)28-24(30)21-16-6-7-17(19-11-18(16)19)22(21)25(28)31/h2-10,16-19,21-22H,11H2,1H3,(H,27,29)/t16-,17-,18-,19+,21+,22+/m0/s1. The minimum absolute atomic E-state index is 0.110. The lowest BCUT2D eigenvalue weighted by Gasteiger charge is -2.37. The topological polar surface area (TPSA) is 66.5 Å². The largest absolute Gasteiger partial charge is 0.322 e. The number of nitrogens with one attached hydrogen (secondary N) is 1. The third-order valence-corrected chi connectivity index (χ3v) is 7.96. The maximum absolute atomic E-state index is 13.3. The molecule has 2 saturated carbocycles. The molecule has 1 aliphatic heterocycles. The van der Waals surface area contributed by atoms with Crippen molar-refractivity contribution >= 4 is 45.0 Å². The van der Waals surface area contributed by atoms with Crippen LogP contribution in [0.15, 0.2) is 59.1 Å². The third kappa shape index (κ3) is 2.77. The van der Waals surface area contributed by atoms with Crippen molar-refractivity contribution in [3.05, 3.63) is 70.2 Å². The highest BCUT2D eigenvalue weighted by molar-refractivity contribution is 9.10. The molecule has 5 aliphatic rings. The Hall–Kier alpha value is -2.73. The SMILES string of the molecule is Cc1cc(Br)ccc1NC(=O)c1cccc(N2C(=O)[C@@H]3[C@H]4C=C[C@@H]([C@@H]5C[C@H]45)[C@H]3C2=O)c1. The van der Waals surface area contributed by atoms with Gasteiger partial charge in [0, 0.05) is 15.7 Å². The molecule has 4 aliphatic carbocycles. The molecular weight excluding hydrogens is 456 g/mol. The lowest BCUT2D eigenvalue weighted by Crippen LogP contribution is -2.40. The number of benzene rings is 2. The first-order valence-electron chi connectivity index (χ1n) is 10.7. The summed E-state index contributed by atoms with van der Waals surface area (Å²) < 4.78 is 0.943. The van der Waals surface area contributed by atoms with Crippen LogP contribution in [0.5, 0.6) is 0 Å². The Labute approximate surface area is 188 Å². The van der Waals surface area contributed by atoms with Gasteiger partial charge in [-0.25, -0.2) is 4.90 Å². The second kappa shape index (κ2) is 6.63. The highest BCUT2D eigenvalue weighted by Gasteiger charge is 2.67. The van der Waals surface area contributed by atoms with Gasteiger partial charge >= 0.3 is 0 Å². The summed E-state index contributed by atoms with van der Waals surface area (Å²) >= 11 is 3.42. The number of imide groups is 1. The van der Waals surface area contributed by atoms with Crippen LogP contribution in [0.1, 0.15) is 22.3 Å². The molecule has 156 valence electrons. The van der Waals surface area contributed by atoms with Gasteiger partial charge in [0.2, 0.25) is 11.8 Å². The first kappa shape index (κ1) is 19.0. The Morgan fingerprint density at radius 2 is 1.68 bits per heavy atom. The average molecular weight is 477 g/mol. The van der Waals surface area contributed by atoms with E-state index in [-0.39, 0.29) is 41.4 Å². The molecule has 3 amide bonds. The van der Waals surface area contributed by atoms with Gasteiger partial charge in [-0.2, -0.15) is 0 Å². The molecule has 6 heteroatoms. The zero-order valence-corrected chi connectivity index (χ0v) is 18.5. The molecule has 7 rings (SSSR count). The van der Waals surface area contributed by atoms with E-state index in [0.717, 1.165) is 22.1 Å². The van der Waals surface area contributed by atoms with Gasteiger partial charge in [-0.05, 0) is 79.0 Å². The molecule has 0 aromatic heterocycles. The number of hydrogen-bond acceptors (Lipinski definition) is 3. The van der Waals surface area contributed by atoms with Crippen LogP contribution in [0.4, 0.5) is 11.4 Å². The lowest BCUT2D eigenvalue weighted by atomic mass is 9.63. The number of rotatable bonds is 3. The van der Waals surface area contributed by atoms with Gasteiger partial charge < -0.3 is 5.32 Å². The molecule has 1 heterocycles. The monoisotopic (exact) mass is 476 g/mol. The molecule has 0 spiro atoms. The van der Waals surface area contributed by atoms with Gasteiger partial charge in [0.25, 0.3) is 5.91 Å². The normalized spacial score (nSPS) is 32.1. The predicted molar refractivity (Wildman–Crippen MR) is 120 cm³/mol. The Morgan fingerprint density at radius 1 is 1.00 bits per heavy atom. The second-order valence-corrected chi connectivity index (χ2v) is 10.0. The third-order valence-electron chi connectivity index (χ3n) is 7.47. The second-order valence-electron chi connectivity index (χ2n) is 9.13. The summed E-state index contributed by atoms with van der Waals surface area (Å²) in [5.41, 5.74) is 2.56. The van der Waals surface area contributed by atoms with E-state index < -0.39 is 0 Å². The Morgan fingerprint density at radius 3 is 2.32 bits per heavy atom. The number of halogens is 1. The lowest BCUT2D eigenvalue weighted by molar-refractivity contribution is -0.124. The van der Waals surface area contributed by atoms with Crippen LogP contribution >= 0.6 is 15.9 Å². The highest BCUT2D eigenvalue weighted by atomic mass is 79.9. The fourth-order valence-electron chi connectivity index (χ4n) is 5.96. The fraction of sp³-hybridized carbons (Fsp3) is 0.320. The number of amides is 3. The van der Waals surface area contributed by atoms with Crippen LogP contribution < -0.4 is 10.2 Å². The van der Waals surface area contributed by atoms with E-state index in [9.17, 15) is 14.4 Å². The zero-order valence-electron chi connectivity index (χ0n) is 16.9. The first-order valence-corrected chi connectivity index (χ1v) is 11.5. The number of carbonyl (C=O) groups excluding carboxylic acids is 3. The number of anilines is 2. The number of nitrogens with zero attached hydrogens (tertiary/aromatic N) is 1. The fourth-order valence-corrected chi connectivity index (χ4v) is 6.44. The van der Waals surface area contributed by atoms with Crippen molar-refractivity contribution in [2.75, 3.05) is 10.2 Å². The van der Waals surface area contributed by atoms with Gasteiger partial charge in [0.15, 0.2) is 0 Å². The summed E-state index contributed by atoms with van der Waals surface area (Å²) in [5, 5.41) is 2.92. The van der Waals surface area contributed by atoms with Crippen molar-refractivity contribution in [1.29, 1.82) is 0 Å². The van der Waals surface area contributed by atoms with Crippen LogP contribution in [-0.2, 0) is 9.59 Å². The van der Waals surface area contributed by atoms with E-state index in [1.54, 1.807) is 24.3 Å². The number of carbonyl (C=O) groups is 3. The minimum Gasteiger partial charge on any atom is -0.322 e. The maximum Gasteiger partial charge on any atom is 0.255 e. The van der Waals surface area contributed by atoms with Gasteiger partial charge in [0.1, 0.15) is 0 Å².